The summed E-state index contributed by atoms with van der Waals surface area (Å²) in [6, 6.07) is 2.05. The minimum absolute atomic E-state index is 0.315. The molecule has 0 saturated carbocycles. The van der Waals surface area contributed by atoms with Gasteiger partial charge in [-0.15, -0.1) is 0 Å². The van der Waals surface area contributed by atoms with Crippen LogP contribution in [-0.2, 0) is 24.2 Å². The minimum Gasteiger partial charge on any atom is -0.299 e. The van der Waals surface area contributed by atoms with Crippen molar-refractivity contribution in [1.82, 2.24) is 9.78 Å². The molecule has 1 heterocycles. The summed E-state index contributed by atoms with van der Waals surface area (Å²) in [5.41, 5.74) is 2.14. The largest absolute Gasteiger partial charge is 0.299 e. The molecule has 0 atom stereocenters. The summed E-state index contributed by atoms with van der Waals surface area (Å²) in [4.78, 5) is 11.5. The van der Waals surface area contributed by atoms with Crippen molar-refractivity contribution in [1.29, 1.82) is 0 Å². The van der Waals surface area contributed by atoms with Crippen LogP contribution in [0.4, 0.5) is 0 Å². The Labute approximate surface area is 91.5 Å². The van der Waals surface area contributed by atoms with Crippen LogP contribution in [0.5, 0.6) is 0 Å². The van der Waals surface area contributed by atoms with E-state index in [4.69, 9.17) is 0 Å². The van der Waals surface area contributed by atoms with E-state index in [1.807, 2.05) is 11.6 Å². The van der Waals surface area contributed by atoms with E-state index in [1.54, 1.807) is 0 Å². The highest BCUT2D eigenvalue weighted by Gasteiger charge is 2.09. The predicted octanol–water partition coefficient (Wildman–Crippen LogP) is 2.38. The molecule has 0 unspecified atom stereocenters. The summed E-state index contributed by atoms with van der Waals surface area (Å²) >= 11 is 0. The number of carbonyl (C=O) groups excluding carboxylic acids is 1. The second-order valence-electron chi connectivity index (χ2n) is 3.76. The van der Waals surface area contributed by atoms with Gasteiger partial charge in [-0.05, 0) is 25.8 Å². The zero-order chi connectivity index (χ0) is 11.3. The van der Waals surface area contributed by atoms with Crippen molar-refractivity contribution < 1.29 is 4.79 Å². The zero-order valence-corrected chi connectivity index (χ0v) is 9.92. The Balaban J connectivity index is 2.74. The van der Waals surface area contributed by atoms with Gasteiger partial charge < -0.3 is 0 Å². The first-order chi connectivity index (χ1) is 7.21. The van der Waals surface area contributed by atoms with E-state index in [1.165, 1.54) is 0 Å². The SMILES string of the molecule is CCCC(=O)Cc1cc(CC)nn1CC. The third-order valence-electron chi connectivity index (χ3n) is 2.48. The van der Waals surface area contributed by atoms with Gasteiger partial charge in [0, 0.05) is 25.1 Å². The first-order valence-corrected chi connectivity index (χ1v) is 5.78. The van der Waals surface area contributed by atoms with E-state index in [9.17, 15) is 4.79 Å². The Kier molecular flexibility index (Phi) is 4.53. The number of rotatable bonds is 6. The van der Waals surface area contributed by atoms with E-state index in [-0.39, 0.29) is 0 Å². The van der Waals surface area contributed by atoms with Crippen LogP contribution < -0.4 is 0 Å². The van der Waals surface area contributed by atoms with E-state index in [0.717, 1.165) is 30.8 Å². The van der Waals surface area contributed by atoms with Crippen molar-refractivity contribution >= 4 is 5.78 Å². The minimum atomic E-state index is 0.315. The number of aromatic nitrogens is 2. The lowest BCUT2D eigenvalue weighted by atomic mass is 10.1. The van der Waals surface area contributed by atoms with Crippen LogP contribution in [-0.4, -0.2) is 15.6 Å². The number of aryl methyl sites for hydroxylation is 2. The Morgan fingerprint density at radius 3 is 2.67 bits per heavy atom. The molecular weight excluding hydrogens is 188 g/mol. The molecule has 1 rings (SSSR count). The van der Waals surface area contributed by atoms with Crippen molar-refractivity contribution in [2.75, 3.05) is 0 Å². The molecule has 0 saturated heterocycles. The van der Waals surface area contributed by atoms with Gasteiger partial charge in [0.1, 0.15) is 5.78 Å². The second-order valence-corrected chi connectivity index (χ2v) is 3.76. The number of nitrogens with zero attached hydrogens (tertiary/aromatic N) is 2. The maximum absolute atomic E-state index is 11.5. The van der Waals surface area contributed by atoms with E-state index in [2.05, 4.69) is 25.0 Å². The topological polar surface area (TPSA) is 34.9 Å². The number of hydrogen-bond donors (Lipinski definition) is 0. The Morgan fingerprint density at radius 1 is 1.40 bits per heavy atom. The maximum atomic E-state index is 11.5. The number of hydrogen-bond acceptors (Lipinski definition) is 2. The van der Waals surface area contributed by atoms with Crippen LogP contribution in [0.15, 0.2) is 6.07 Å². The molecule has 0 aliphatic rings. The summed E-state index contributed by atoms with van der Waals surface area (Å²) < 4.78 is 1.94. The fraction of sp³-hybridized carbons (Fsp3) is 0.667. The molecule has 0 N–H and O–H groups in total. The summed E-state index contributed by atoms with van der Waals surface area (Å²) in [5, 5.41) is 4.42. The summed E-state index contributed by atoms with van der Waals surface area (Å²) in [6.07, 6.45) is 3.08. The third kappa shape index (κ3) is 3.18. The molecular formula is C12H20N2O. The van der Waals surface area contributed by atoms with E-state index < -0.39 is 0 Å². The molecule has 0 radical (unpaired) electrons. The molecule has 0 spiro atoms. The second kappa shape index (κ2) is 5.69. The van der Waals surface area contributed by atoms with Crippen LogP contribution in [0.3, 0.4) is 0 Å². The monoisotopic (exact) mass is 208 g/mol. The van der Waals surface area contributed by atoms with Crippen LogP contribution >= 0.6 is 0 Å². The van der Waals surface area contributed by atoms with Crippen molar-refractivity contribution in [3.63, 3.8) is 0 Å². The molecule has 1 aromatic rings. The Hall–Kier alpha value is -1.12. The van der Waals surface area contributed by atoms with Crippen LogP contribution in [0, 0.1) is 0 Å². The van der Waals surface area contributed by atoms with Gasteiger partial charge in [0.15, 0.2) is 0 Å². The van der Waals surface area contributed by atoms with Crippen LogP contribution in [0.2, 0.25) is 0 Å². The van der Waals surface area contributed by atoms with Crippen molar-refractivity contribution in [3.05, 3.63) is 17.5 Å². The molecule has 3 nitrogen and oxygen atoms in total. The molecule has 15 heavy (non-hydrogen) atoms. The van der Waals surface area contributed by atoms with Gasteiger partial charge in [0.25, 0.3) is 0 Å². The Morgan fingerprint density at radius 2 is 2.13 bits per heavy atom. The van der Waals surface area contributed by atoms with E-state index in [0.29, 0.717) is 18.6 Å². The zero-order valence-electron chi connectivity index (χ0n) is 9.92. The van der Waals surface area contributed by atoms with Crippen molar-refractivity contribution in [2.24, 2.45) is 0 Å². The van der Waals surface area contributed by atoms with Gasteiger partial charge in [-0.2, -0.15) is 5.10 Å². The fourth-order valence-electron chi connectivity index (χ4n) is 1.67. The summed E-state index contributed by atoms with van der Waals surface area (Å²) in [5.74, 6) is 0.315. The van der Waals surface area contributed by atoms with Gasteiger partial charge >= 0.3 is 0 Å². The van der Waals surface area contributed by atoms with E-state index >= 15 is 0 Å². The molecule has 3 heteroatoms. The molecule has 0 amide bonds. The average Bonchev–Trinajstić information content (AvgIpc) is 2.60. The highest BCUT2D eigenvalue weighted by molar-refractivity contribution is 5.80. The molecule has 0 aliphatic heterocycles. The number of carbonyl (C=O) groups is 1. The van der Waals surface area contributed by atoms with Gasteiger partial charge in [-0.25, -0.2) is 0 Å². The molecule has 0 aliphatic carbocycles. The number of Topliss-reactive ketones (excluding diaryl/α,β-unsaturated/α-hetero) is 1. The lowest BCUT2D eigenvalue weighted by molar-refractivity contribution is -0.118. The van der Waals surface area contributed by atoms with Crippen LogP contribution in [0.25, 0.3) is 0 Å². The van der Waals surface area contributed by atoms with Gasteiger partial charge in [-0.1, -0.05) is 13.8 Å². The predicted molar refractivity (Wildman–Crippen MR) is 60.9 cm³/mol. The highest BCUT2D eigenvalue weighted by atomic mass is 16.1. The smallest absolute Gasteiger partial charge is 0.138 e. The quantitative estimate of drug-likeness (QED) is 0.719. The molecule has 0 fully saturated rings. The molecule has 84 valence electrons. The third-order valence-corrected chi connectivity index (χ3v) is 2.48. The molecule has 0 bridgehead atoms. The number of ketones is 1. The summed E-state index contributed by atoms with van der Waals surface area (Å²) in [6.45, 7) is 7.02. The average molecular weight is 208 g/mol. The standard InChI is InChI=1S/C12H20N2O/c1-4-7-12(15)9-11-8-10(5-2)13-14(11)6-3/h8H,4-7,9H2,1-3H3. The normalized spacial score (nSPS) is 10.6. The lowest BCUT2D eigenvalue weighted by Crippen LogP contribution is -2.08. The van der Waals surface area contributed by atoms with Gasteiger partial charge in [0.2, 0.25) is 0 Å². The maximum Gasteiger partial charge on any atom is 0.138 e. The Bertz CT molecular complexity index is 328. The molecule has 1 aromatic heterocycles. The van der Waals surface area contributed by atoms with Crippen molar-refractivity contribution in [2.45, 2.75) is 53.0 Å². The molecule has 0 aromatic carbocycles. The summed E-state index contributed by atoms with van der Waals surface area (Å²) in [7, 11) is 0. The lowest BCUT2D eigenvalue weighted by Gasteiger charge is -2.02. The first-order valence-electron chi connectivity index (χ1n) is 5.78. The van der Waals surface area contributed by atoms with Crippen LogP contribution in [0.1, 0.15) is 45.0 Å². The van der Waals surface area contributed by atoms with Gasteiger partial charge in [0.05, 0.1) is 5.69 Å². The fourth-order valence-corrected chi connectivity index (χ4v) is 1.67. The van der Waals surface area contributed by atoms with Gasteiger partial charge in [-0.3, -0.25) is 9.48 Å². The van der Waals surface area contributed by atoms with Crippen molar-refractivity contribution in [3.8, 4) is 0 Å². The first kappa shape index (κ1) is 12.0. The highest BCUT2D eigenvalue weighted by Crippen LogP contribution is 2.08.